The van der Waals surface area contributed by atoms with E-state index in [0.717, 1.165) is 85.0 Å². The number of carboxylic acid groups (broad SMARTS) is 2. The summed E-state index contributed by atoms with van der Waals surface area (Å²) in [6.45, 7) is 1.15. The van der Waals surface area contributed by atoms with E-state index in [1.807, 2.05) is 24.3 Å². The maximum absolute atomic E-state index is 13.4. The number of benzene rings is 2. The highest BCUT2D eigenvalue weighted by Crippen LogP contribution is 2.39. The number of aromatic amines is 2. The third-order valence-corrected chi connectivity index (χ3v) is 10.9. The Bertz CT molecular complexity index is 1820. The number of rotatable bonds is 11. The molecule has 0 bridgehead atoms. The van der Waals surface area contributed by atoms with E-state index < -0.39 is 24.3 Å². The third-order valence-electron chi connectivity index (χ3n) is 10.9. The molecule has 14 nitrogen and oxygen atoms in total. The number of imidazole rings is 2. The normalized spacial score (nSPS) is 21.2. The van der Waals surface area contributed by atoms with Gasteiger partial charge in [0.05, 0.1) is 35.9 Å². The Labute approximate surface area is 300 Å². The lowest BCUT2D eigenvalue weighted by molar-refractivity contribution is -0.135. The maximum atomic E-state index is 13.4. The van der Waals surface area contributed by atoms with Crippen LogP contribution in [0.5, 0.6) is 0 Å². The lowest BCUT2D eigenvalue weighted by Gasteiger charge is -2.28. The van der Waals surface area contributed by atoms with E-state index in [0.29, 0.717) is 24.7 Å². The molecule has 0 radical (unpaired) electrons. The van der Waals surface area contributed by atoms with Gasteiger partial charge in [0.25, 0.3) is 0 Å². The molecule has 0 spiro atoms. The summed E-state index contributed by atoms with van der Waals surface area (Å²) in [7, 11) is 0. The molecule has 2 saturated heterocycles. The lowest BCUT2D eigenvalue weighted by atomic mass is 10.0. The second-order valence-corrected chi connectivity index (χ2v) is 14.4. The molecule has 6 N–H and O–H groups in total. The van der Waals surface area contributed by atoms with Crippen molar-refractivity contribution in [1.29, 1.82) is 0 Å². The van der Waals surface area contributed by atoms with Crippen LogP contribution in [0.2, 0.25) is 0 Å². The molecule has 270 valence electrons. The molecular weight excluding hydrogens is 664 g/mol. The van der Waals surface area contributed by atoms with E-state index in [4.69, 9.17) is 0 Å². The first-order valence-electron chi connectivity index (χ1n) is 18.1. The molecule has 2 aliphatic heterocycles. The number of hydrogen-bond acceptors (Lipinski definition) is 6. The van der Waals surface area contributed by atoms with Crippen LogP contribution in [-0.2, 0) is 9.59 Å². The quantitative estimate of drug-likeness (QED) is 0.117. The summed E-state index contributed by atoms with van der Waals surface area (Å²) in [4.78, 5) is 69.1. The molecule has 4 atom stereocenters. The molecule has 4 amide bonds. The minimum atomic E-state index is -1.17. The summed E-state index contributed by atoms with van der Waals surface area (Å²) in [5.41, 5.74) is 5.71. The molecule has 52 heavy (non-hydrogen) atoms. The molecule has 2 aromatic carbocycles. The van der Waals surface area contributed by atoms with Crippen molar-refractivity contribution in [2.24, 2.45) is 11.8 Å². The second-order valence-electron chi connectivity index (χ2n) is 14.4. The predicted molar refractivity (Wildman–Crippen MR) is 190 cm³/mol. The van der Waals surface area contributed by atoms with Gasteiger partial charge in [0.2, 0.25) is 11.8 Å². The Morgan fingerprint density at radius 3 is 1.31 bits per heavy atom. The van der Waals surface area contributed by atoms with Crippen molar-refractivity contribution in [2.45, 2.75) is 75.5 Å². The molecule has 8 rings (SSSR count). The molecule has 4 aromatic rings. The first-order chi connectivity index (χ1) is 25.2. The molecule has 4 heterocycles. The van der Waals surface area contributed by atoms with Crippen LogP contribution in [0.4, 0.5) is 9.59 Å². The van der Waals surface area contributed by atoms with Gasteiger partial charge in [0, 0.05) is 13.1 Å². The number of nitrogens with zero attached hydrogens (tertiary/aromatic N) is 4. The van der Waals surface area contributed by atoms with Crippen molar-refractivity contribution >= 4 is 24.0 Å². The summed E-state index contributed by atoms with van der Waals surface area (Å²) in [6.07, 6.45) is 7.84. The summed E-state index contributed by atoms with van der Waals surface area (Å²) in [5.74, 6) is 1.20. The Morgan fingerprint density at radius 1 is 0.596 bits per heavy atom. The van der Waals surface area contributed by atoms with Gasteiger partial charge < -0.3 is 40.6 Å². The number of aromatic nitrogens is 4. The Hall–Kier alpha value is -5.66. The fourth-order valence-corrected chi connectivity index (χ4v) is 7.86. The van der Waals surface area contributed by atoms with Gasteiger partial charge in [-0.25, -0.2) is 19.6 Å². The van der Waals surface area contributed by atoms with Crippen LogP contribution in [0.3, 0.4) is 0 Å². The van der Waals surface area contributed by atoms with E-state index in [9.17, 15) is 29.4 Å². The molecule has 2 aromatic heterocycles. The number of carbonyl (C=O) groups is 4. The van der Waals surface area contributed by atoms with Gasteiger partial charge in [-0.1, -0.05) is 48.5 Å². The predicted octanol–water partition coefficient (Wildman–Crippen LogP) is 5.55. The smallest absolute Gasteiger partial charge is 0.405 e. The standard InChI is InChI=1S/C38H42N8O6/c47-35(31(25-13-14-25)43-37(49)50)45-17-1-3-29(45)33-39-19-27(41-33)23-9-5-21(6-10-23)22-7-11-24(12-8-22)28-20-40-34(42-28)30-4-2-18-46(30)36(48)32(26-15-16-26)44-38(51)52/h5-12,19-20,25-26,29-32,43-44H,1-4,13-18H2,(H,39,41)(H,40,42)(H,49,50)(H,51,52)/t29-,30-,31+,32+/m0/s1. The first kappa shape index (κ1) is 33.5. The zero-order valence-corrected chi connectivity index (χ0v) is 28.6. The largest absolute Gasteiger partial charge is 0.465 e. The van der Waals surface area contributed by atoms with Crippen LogP contribution in [0, 0.1) is 11.8 Å². The van der Waals surface area contributed by atoms with Crippen molar-refractivity contribution in [3.63, 3.8) is 0 Å². The maximum Gasteiger partial charge on any atom is 0.405 e. The van der Waals surface area contributed by atoms with Gasteiger partial charge in [-0.3, -0.25) is 9.59 Å². The molecule has 4 fully saturated rings. The van der Waals surface area contributed by atoms with Crippen molar-refractivity contribution in [2.75, 3.05) is 13.1 Å². The summed E-state index contributed by atoms with van der Waals surface area (Å²) in [6, 6.07) is 14.5. The van der Waals surface area contributed by atoms with Crippen molar-refractivity contribution < 1.29 is 29.4 Å². The Balaban J connectivity index is 0.917. The molecule has 14 heteroatoms. The minimum Gasteiger partial charge on any atom is -0.465 e. The van der Waals surface area contributed by atoms with Gasteiger partial charge in [0.15, 0.2) is 0 Å². The zero-order valence-electron chi connectivity index (χ0n) is 28.6. The highest BCUT2D eigenvalue weighted by molar-refractivity contribution is 5.87. The van der Waals surface area contributed by atoms with Gasteiger partial charge in [-0.2, -0.15) is 0 Å². The van der Waals surface area contributed by atoms with Gasteiger partial charge >= 0.3 is 12.2 Å². The van der Waals surface area contributed by atoms with Crippen molar-refractivity contribution in [3.05, 3.63) is 72.6 Å². The average molecular weight is 707 g/mol. The number of likely N-dealkylation sites (tertiary alicyclic amines) is 2. The van der Waals surface area contributed by atoms with E-state index >= 15 is 0 Å². The summed E-state index contributed by atoms with van der Waals surface area (Å²) < 4.78 is 0. The molecule has 0 unspecified atom stereocenters. The number of amides is 4. The van der Waals surface area contributed by atoms with Gasteiger partial charge in [-0.15, -0.1) is 0 Å². The van der Waals surface area contributed by atoms with Gasteiger partial charge in [-0.05, 0) is 85.5 Å². The van der Waals surface area contributed by atoms with Crippen molar-refractivity contribution in [3.8, 4) is 33.6 Å². The highest BCUT2D eigenvalue weighted by Gasteiger charge is 2.44. The van der Waals surface area contributed by atoms with E-state index in [1.165, 1.54) is 0 Å². The van der Waals surface area contributed by atoms with Crippen LogP contribution in [-0.4, -0.2) is 89.1 Å². The highest BCUT2D eigenvalue weighted by atomic mass is 16.4. The van der Waals surface area contributed by atoms with Crippen LogP contribution >= 0.6 is 0 Å². The Morgan fingerprint density at radius 2 is 0.962 bits per heavy atom. The topological polar surface area (TPSA) is 197 Å². The van der Waals surface area contributed by atoms with Gasteiger partial charge in [0.1, 0.15) is 23.7 Å². The number of H-pyrrole nitrogens is 2. The van der Waals surface area contributed by atoms with Crippen molar-refractivity contribution in [1.82, 2.24) is 40.4 Å². The fourth-order valence-electron chi connectivity index (χ4n) is 7.86. The number of carbonyl (C=O) groups excluding carboxylic acids is 2. The summed E-state index contributed by atoms with van der Waals surface area (Å²) in [5, 5.41) is 23.5. The third kappa shape index (κ3) is 6.84. The second kappa shape index (κ2) is 13.8. The minimum absolute atomic E-state index is 0.0632. The molecular formula is C38H42N8O6. The van der Waals surface area contributed by atoms with Crippen LogP contribution < -0.4 is 10.6 Å². The van der Waals surface area contributed by atoms with E-state index in [2.05, 4.69) is 54.8 Å². The number of nitrogens with one attached hydrogen (secondary N) is 4. The zero-order chi connectivity index (χ0) is 35.9. The molecule has 4 aliphatic rings. The SMILES string of the molecule is O=C(O)N[C@@H](C(=O)N1CCC[C@H]1c1ncc(-c2ccc(-c3ccc(-c4cnc([C@@H]5CCCN5C(=O)[C@H](NC(=O)O)C5CC5)[nH]4)cc3)cc2)[nH]1)C1CC1. The fraction of sp³-hybridized carbons (Fsp3) is 0.421. The van der Waals surface area contributed by atoms with E-state index in [1.54, 1.807) is 22.2 Å². The van der Waals surface area contributed by atoms with Crippen LogP contribution in [0.25, 0.3) is 33.6 Å². The molecule has 2 aliphatic carbocycles. The van der Waals surface area contributed by atoms with E-state index in [-0.39, 0.29) is 35.7 Å². The summed E-state index contributed by atoms with van der Waals surface area (Å²) >= 11 is 0. The Kier molecular flexibility index (Phi) is 8.89. The van der Waals surface area contributed by atoms with Crippen LogP contribution in [0.15, 0.2) is 60.9 Å². The van der Waals surface area contributed by atoms with Crippen LogP contribution in [0.1, 0.15) is 75.1 Å². The average Bonchev–Trinajstić information content (AvgIpc) is 3.87. The first-order valence-corrected chi connectivity index (χ1v) is 18.1. The number of hydrogen-bond donors (Lipinski definition) is 6. The molecule has 2 saturated carbocycles. The monoisotopic (exact) mass is 706 g/mol. The lowest BCUT2D eigenvalue weighted by Crippen LogP contribution is -2.49.